The van der Waals surface area contributed by atoms with Crippen molar-refractivity contribution >= 4 is 11.7 Å². The number of hydrogen-bond acceptors (Lipinski definition) is 5. The summed E-state index contributed by atoms with van der Waals surface area (Å²) < 4.78 is 0. The number of nitrogen functional groups attached to an aromatic ring is 1. The van der Waals surface area contributed by atoms with Gasteiger partial charge in [-0.1, -0.05) is 13.3 Å². The van der Waals surface area contributed by atoms with E-state index in [9.17, 15) is 4.79 Å². The fraction of sp³-hybridized carbons (Fsp3) is 0.600. The van der Waals surface area contributed by atoms with Crippen molar-refractivity contribution in [3.63, 3.8) is 0 Å². The monoisotopic (exact) mass is 291 g/mol. The highest BCUT2D eigenvalue weighted by atomic mass is 16.1. The highest BCUT2D eigenvalue weighted by molar-refractivity contribution is 5.95. The zero-order chi connectivity index (χ0) is 15.2. The van der Waals surface area contributed by atoms with E-state index in [2.05, 4.69) is 34.6 Å². The molecule has 1 aliphatic rings. The van der Waals surface area contributed by atoms with E-state index < -0.39 is 0 Å². The molecule has 21 heavy (non-hydrogen) atoms. The summed E-state index contributed by atoms with van der Waals surface area (Å²) >= 11 is 0. The lowest BCUT2D eigenvalue weighted by Crippen LogP contribution is -2.46. The molecule has 1 amide bonds. The van der Waals surface area contributed by atoms with Crippen LogP contribution in [0.3, 0.4) is 0 Å². The minimum atomic E-state index is -0.0495. The highest BCUT2D eigenvalue weighted by Crippen LogP contribution is 2.13. The van der Waals surface area contributed by atoms with E-state index >= 15 is 0 Å². The molecule has 1 saturated heterocycles. The summed E-state index contributed by atoms with van der Waals surface area (Å²) in [6.45, 7) is 4.09. The number of hydrogen-bond donors (Lipinski definition) is 3. The van der Waals surface area contributed by atoms with Crippen molar-refractivity contribution in [2.24, 2.45) is 5.84 Å². The second-order valence-corrected chi connectivity index (χ2v) is 5.70. The number of rotatable bonds is 5. The Labute approximate surface area is 126 Å². The van der Waals surface area contributed by atoms with Gasteiger partial charge < -0.3 is 15.6 Å². The van der Waals surface area contributed by atoms with Gasteiger partial charge in [0.25, 0.3) is 5.91 Å². The molecule has 0 radical (unpaired) electrons. The molecule has 2 heterocycles. The normalized spacial score (nSPS) is 19.3. The minimum absolute atomic E-state index is 0.0495. The van der Waals surface area contributed by atoms with E-state index in [-0.39, 0.29) is 11.9 Å². The van der Waals surface area contributed by atoms with Crippen molar-refractivity contribution in [3.05, 3.63) is 23.4 Å². The van der Waals surface area contributed by atoms with E-state index in [4.69, 9.17) is 5.84 Å². The van der Waals surface area contributed by atoms with Gasteiger partial charge in [0.2, 0.25) is 0 Å². The first-order chi connectivity index (χ1) is 10.1. The SMILES string of the molecule is CCCc1cc(C(=O)NC2CCCN(C)C2)cc(NN)n1. The Balaban J connectivity index is 2.08. The average Bonchev–Trinajstić information content (AvgIpc) is 2.47. The molecule has 0 bridgehead atoms. The molecule has 1 aliphatic heterocycles. The van der Waals surface area contributed by atoms with Gasteiger partial charge in [-0.2, -0.15) is 0 Å². The van der Waals surface area contributed by atoms with E-state index in [1.54, 1.807) is 6.07 Å². The number of hydrazine groups is 1. The maximum absolute atomic E-state index is 12.4. The van der Waals surface area contributed by atoms with Crippen LogP contribution in [0, 0.1) is 0 Å². The Morgan fingerprint density at radius 3 is 3.00 bits per heavy atom. The first kappa shape index (κ1) is 15.7. The van der Waals surface area contributed by atoms with Gasteiger partial charge >= 0.3 is 0 Å². The summed E-state index contributed by atoms with van der Waals surface area (Å²) in [5, 5.41) is 3.11. The van der Waals surface area contributed by atoms with Crippen LogP contribution in [0.1, 0.15) is 42.2 Å². The predicted molar refractivity (Wildman–Crippen MR) is 84.0 cm³/mol. The fourth-order valence-electron chi connectivity index (χ4n) is 2.73. The molecule has 0 aromatic carbocycles. The molecule has 116 valence electrons. The zero-order valence-electron chi connectivity index (χ0n) is 12.9. The zero-order valence-corrected chi connectivity index (χ0v) is 12.9. The number of carbonyl (C=O) groups is 1. The molecule has 2 rings (SSSR count). The van der Waals surface area contributed by atoms with Crippen LogP contribution in [-0.4, -0.2) is 42.0 Å². The van der Waals surface area contributed by atoms with E-state index in [1.165, 1.54) is 0 Å². The summed E-state index contributed by atoms with van der Waals surface area (Å²) in [6, 6.07) is 3.76. The van der Waals surface area contributed by atoms with E-state index in [0.29, 0.717) is 11.4 Å². The number of nitrogens with one attached hydrogen (secondary N) is 2. The Hall–Kier alpha value is -1.66. The molecular formula is C15H25N5O. The van der Waals surface area contributed by atoms with Gasteiger partial charge in [0.1, 0.15) is 5.82 Å². The molecule has 1 fully saturated rings. The number of anilines is 1. The van der Waals surface area contributed by atoms with Crippen LogP contribution in [0.25, 0.3) is 0 Å². The number of piperidine rings is 1. The van der Waals surface area contributed by atoms with Crippen molar-refractivity contribution in [2.75, 3.05) is 25.6 Å². The molecular weight excluding hydrogens is 266 g/mol. The topological polar surface area (TPSA) is 83.3 Å². The predicted octanol–water partition coefficient (Wildman–Crippen LogP) is 1.14. The average molecular weight is 291 g/mol. The van der Waals surface area contributed by atoms with Crippen LogP contribution in [0.2, 0.25) is 0 Å². The van der Waals surface area contributed by atoms with E-state index in [0.717, 1.165) is 44.5 Å². The van der Waals surface area contributed by atoms with Gasteiger partial charge in [0, 0.05) is 23.8 Å². The number of nitrogens with zero attached hydrogens (tertiary/aromatic N) is 2. The lowest BCUT2D eigenvalue weighted by molar-refractivity contribution is 0.0912. The summed E-state index contributed by atoms with van der Waals surface area (Å²) in [5.74, 6) is 5.92. The lowest BCUT2D eigenvalue weighted by Gasteiger charge is -2.30. The lowest BCUT2D eigenvalue weighted by atomic mass is 10.1. The number of nitrogens with two attached hydrogens (primary N) is 1. The number of likely N-dealkylation sites (N-methyl/N-ethyl adjacent to an activating group) is 1. The summed E-state index contributed by atoms with van der Waals surface area (Å²) in [5.41, 5.74) is 4.04. The molecule has 1 aromatic heterocycles. The molecule has 1 aromatic rings. The van der Waals surface area contributed by atoms with Gasteiger partial charge in [-0.05, 0) is 45.0 Å². The van der Waals surface area contributed by atoms with Crippen LogP contribution in [-0.2, 0) is 6.42 Å². The maximum Gasteiger partial charge on any atom is 0.251 e. The summed E-state index contributed by atoms with van der Waals surface area (Å²) in [6.07, 6.45) is 3.97. The van der Waals surface area contributed by atoms with Gasteiger partial charge in [-0.15, -0.1) is 0 Å². The third-order valence-electron chi connectivity index (χ3n) is 3.75. The molecule has 1 unspecified atom stereocenters. The second-order valence-electron chi connectivity index (χ2n) is 5.70. The van der Waals surface area contributed by atoms with Crippen molar-refractivity contribution in [1.82, 2.24) is 15.2 Å². The summed E-state index contributed by atoms with van der Waals surface area (Å²) in [4.78, 5) is 19.0. The molecule has 1 atom stereocenters. The Morgan fingerprint density at radius 2 is 2.33 bits per heavy atom. The van der Waals surface area contributed by atoms with Crippen molar-refractivity contribution < 1.29 is 4.79 Å². The number of amides is 1. The molecule has 4 N–H and O–H groups in total. The second kappa shape index (κ2) is 7.38. The van der Waals surface area contributed by atoms with Crippen LogP contribution in [0.4, 0.5) is 5.82 Å². The Kier molecular flexibility index (Phi) is 5.52. The highest BCUT2D eigenvalue weighted by Gasteiger charge is 2.20. The van der Waals surface area contributed by atoms with E-state index in [1.807, 2.05) is 6.07 Å². The third-order valence-corrected chi connectivity index (χ3v) is 3.75. The minimum Gasteiger partial charge on any atom is -0.348 e. The first-order valence-corrected chi connectivity index (χ1v) is 7.59. The smallest absolute Gasteiger partial charge is 0.251 e. The standard InChI is InChI=1S/C15H25N5O/c1-3-5-12-8-11(9-14(17-12)19-16)15(21)18-13-6-4-7-20(2)10-13/h8-9,13H,3-7,10,16H2,1-2H3,(H,17,19)(H,18,21). The molecule has 6 nitrogen and oxygen atoms in total. The van der Waals surface area contributed by atoms with Crippen LogP contribution < -0.4 is 16.6 Å². The number of likely N-dealkylation sites (tertiary alicyclic amines) is 1. The van der Waals surface area contributed by atoms with Gasteiger partial charge in [0.15, 0.2) is 0 Å². The number of pyridine rings is 1. The molecule has 0 aliphatic carbocycles. The number of aromatic nitrogens is 1. The van der Waals surface area contributed by atoms with Crippen molar-refractivity contribution in [1.29, 1.82) is 0 Å². The molecule has 0 saturated carbocycles. The third kappa shape index (κ3) is 4.41. The van der Waals surface area contributed by atoms with Gasteiger partial charge in [0.05, 0.1) is 0 Å². The summed E-state index contributed by atoms with van der Waals surface area (Å²) in [7, 11) is 2.08. The van der Waals surface area contributed by atoms with Crippen LogP contribution in [0.15, 0.2) is 12.1 Å². The largest absolute Gasteiger partial charge is 0.348 e. The van der Waals surface area contributed by atoms with Gasteiger partial charge in [-0.3, -0.25) is 4.79 Å². The Bertz CT molecular complexity index is 491. The number of carbonyl (C=O) groups excluding carboxylic acids is 1. The number of aryl methyl sites for hydroxylation is 1. The van der Waals surface area contributed by atoms with Gasteiger partial charge in [-0.25, -0.2) is 10.8 Å². The Morgan fingerprint density at radius 1 is 1.52 bits per heavy atom. The molecule has 0 spiro atoms. The van der Waals surface area contributed by atoms with Crippen molar-refractivity contribution in [2.45, 2.75) is 38.6 Å². The maximum atomic E-state index is 12.4. The first-order valence-electron chi connectivity index (χ1n) is 7.59. The van der Waals surface area contributed by atoms with Crippen molar-refractivity contribution in [3.8, 4) is 0 Å². The quantitative estimate of drug-likeness (QED) is 0.560. The van der Waals surface area contributed by atoms with Crippen LogP contribution >= 0.6 is 0 Å². The fourth-order valence-corrected chi connectivity index (χ4v) is 2.73. The molecule has 6 heteroatoms. The van der Waals surface area contributed by atoms with Crippen LogP contribution in [0.5, 0.6) is 0 Å².